The molecular formula is C12H18O4S. The first kappa shape index (κ1) is 14.0. The molecule has 1 rings (SSSR count). The number of hydrogen-bond donors (Lipinski definition) is 1. The second kappa shape index (κ2) is 6.02. The van der Waals surface area contributed by atoms with Crippen molar-refractivity contribution in [3.63, 3.8) is 0 Å². The molecule has 0 aliphatic carbocycles. The molecule has 0 amide bonds. The van der Waals surface area contributed by atoms with Crippen molar-refractivity contribution < 1.29 is 18.3 Å². The largest absolute Gasteiger partial charge is 0.494 e. The Labute approximate surface area is 102 Å². The van der Waals surface area contributed by atoms with Gasteiger partial charge in [-0.05, 0) is 36.6 Å². The molecule has 0 saturated heterocycles. The van der Waals surface area contributed by atoms with Crippen molar-refractivity contribution in [3.05, 3.63) is 29.3 Å². The van der Waals surface area contributed by atoms with Crippen LogP contribution in [0.3, 0.4) is 0 Å². The number of aryl methyl sites for hydroxylation is 1. The Morgan fingerprint density at radius 1 is 1.29 bits per heavy atom. The monoisotopic (exact) mass is 258 g/mol. The maximum atomic E-state index is 10.9. The maximum Gasteiger partial charge on any atom is 0.147 e. The van der Waals surface area contributed by atoms with E-state index in [1.54, 1.807) is 6.07 Å². The Kier molecular flexibility index (Phi) is 4.96. The lowest BCUT2D eigenvalue weighted by molar-refractivity contribution is 0.279. The molecule has 17 heavy (non-hydrogen) atoms. The molecular weight excluding hydrogens is 240 g/mol. The molecule has 0 unspecified atom stereocenters. The second-order valence-electron chi connectivity index (χ2n) is 4.14. The van der Waals surface area contributed by atoms with Crippen LogP contribution in [-0.4, -0.2) is 32.1 Å². The summed E-state index contributed by atoms with van der Waals surface area (Å²) in [7, 11) is -2.92. The van der Waals surface area contributed by atoms with Gasteiger partial charge in [-0.2, -0.15) is 0 Å². The van der Waals surface area contributed by atoms with E-state index in [0.717, 1.165) is 11.1 Å². The summed E-state index contributed by atoms with van der Waals surface area (Å²) < 4.78 is 27.3. The predicted octanol–water partition coefficient (Wildman–Crippen LogP) is 1.30. The Morgan fingerprint density at radius 3 is 2.59 bits per heavy atom. The van der Waals surface area contributed by atoms with Gasteiger partial charge >= 0.3 is 0 Å². The lowest BCUT2D eigenvalue weighted by Gasteiger charge is -2.08. The molecule has 96 valence electrons. The summed E-state index contributed by atoms with van der Waals surface area (Å²) in [4.78, 5) is 0. The molecule has 0 spiro atoms. The van der Waals surface area contributed by atoms with E-state index in [0.29, 0.717) is 18.8 Å². The van der Waals surface area contributed by atoms with E-state index in [-0.39, 0.29) is 12.4 Å². The molecule has 0 aromatic heterocycles. The van der Waals surface area contributed by atoms with Crippen molar-refractivity contribution >= 4 is 9.84 Å². The van der Waals surface area contributed by atoms with Crippen molar-refractivity contribution in [2.45, 2.75) is 20.0 Å². The highest BCUT2D eigenvalue weighted by atomic mass is 32.2. The highest BCUT2D eigenvalue weighted by molar-refractivity contribution is 7.90. The van der Waals surface area contributed by atoms with Crippen LogP contribution in [0.1, 0.15) is 17.5 Å². The fraction of sp³-hybridized carbons (Fsp3) is 0.500. The fourth-order valence-electron chi connectivity index (χ4n) is 1.51. The minimum Gasteiger partial charge on any atom is -0.494 e. The van der Waals surface area contributed by atoms with Gasteiger partial charge in [-0.15, -0.1) is 0 Å². The van der Waals surface area contributed by atoms with Crippen LogP contribution in [0, 0.1) is 6.92 Å². The zero-order valence-electron chi connectivity index (χ0n) is 10.1. The van der Waals surface area contributed by atoms with Crippen LogP contribution >= 0.6 is 0 Å². The summed E-state index contributed by atoms with van der Waals surface area (Å²) in [5, 5.41) is 9.03. The summed E-state index contributed by atoms with van der Waals surface area (Å²) in [6, 6.07) is 5.50. The van der Waals surface area contributed by atoms with Crippen molar-refractivity contribution in [1.29, 1.82) is 0 Å². The van der Waals surface area contributed by atoms with Gasteiger partial charge < -0.3 is 9.84 Å². The zero-order chi connectivity index (χ0) is 12.9. The number of aliphatic hydroxyl groups excluding tert-OH is 1. The number of aliphatic hydroxyl groups is 1. The zero-order valence-corrected chi connectivity index (χ0v) is 11.0. The Hall–Kier alpha value is -1.07. The number of benzene rings is 1. The van der Waals surface area contributed by atoms with Crippen LogP contribution in [0.15, 0.2) is 18.2 Å². The van der Waals surface area contributed by atoms with Gasteiger partial charge in [-0.1, -0.05) is 6.07 Å². The molecule has 5 heteroatoms. The molecule has 0 fully saturated rings. The standard InChI is InChI=1S/C12H18O4S/c1-10-6-11(9-13)8-12(7-10)16-4-3-5-17(2,14)15/h6-8,13H,3-5,9H2,1-2H3. The normalized spacial score (nSPS) is 11.5. The van der Waals surface area contributed by atoms with Gasteiger partial charge in [0.25, 0.3) is 0 Å². The minimum absolute atomic E-state index is 0.0264. The van der Waals surface area contributed by atoms with Crippen LogP contribution in [0.4, 0.5) is 0 Å². The summed E-state index contributed by atoms with van der Waals surface area (Å²) in [6.07, 6.45) is 1.69. The summed E-state index contributed by atoms with van der Waals surface area (Å²) in [5.41, 5.74) is 1.80. The van der Waals surface area contributed by atoms with Crippen LogP contribution in [-0.2, 0) is 16.4 Å². The van der Waals surface area contributed by atoms with Crippen LogP contribution in [0.25, 0.3) is 0 Å². The van der Waals surface area contributed by atoms with Gasteiger partial charge in [0, 0.05) is 6.26 Å². The quantitative estimate of drug-likeness (QED) is 0.781. The van der Waals surface area contributed by atoms with E-state index in [4.69, 9.17) is 9.84 Å². The molecule has 1 aromatic rings. The minimum atomic E-state index is -2.92. The van der Waals surface area contributed by atoms with Gasteiger partial charge in [-0.25, -0.2) is 8.42 Å². The summed E-state index contributed by atoms with van der Waals surface area (Å²) >= 11 is 0. The number of sulfone groups is 1. The van der Waals surface area contributed by atoms with Crippen molar-refractivity contribution in [1.82, 2.24) is 0 Å². The van der Waals surface area contributed by atoms with Crippen molar-refractivity contribution in [2.24, 2.45) is 0 Å². The van der Waals surface area contributed by atoms with Crippen LogP contribution in [0.5, 0.6) is 5.75 Å². The third-order valence-corrected chi connectivity index (χ3v) is 3.25. The molecule has 0 aliphatic heterocycles. The SMILES string of the molecule is Cc1cc(CO)cc(OCCCS(C)(=O)=O)c1. The fourth-order valence-corrected chi connectivity index (χ4v) is 2.15. The molecule has 1 aromatic carbocycles. The number of hydrogen-bond acceptors (Lipinski definition) is 4. The Morgan fingerprint density at radius 2 is 2.00 bits per heavy atom. The van der Waals surface area contributed by atoms with E-state index in [2.05, 4.69) is 0 Å². The lowest BCUT2D eigenvalue weighted by Crippen LogP contribution is -2.08. The smallest absolute Gasteiger partial charge is 0.147 e. The van der Waals surface area contributed by atoms with Gasteiger partial charge in [0.05, 0.1) is 19.0 Å². The molecule has 1 N–H and O–H groups in total. The first-order chi connectivity index (χ1) is 7.90. The van der Waals surface area contributed by atoms with Crippen LogP contribution < -0.4 is 4.74 Å². The van der Waals surface area contributed by atoms with E-state index >= 15 is 0 Å². The predicted molar refractivity (Wildman–Crippen MR) is 66.9 cm³/mol. The average molecular weight is 258 g/mol. The van der Waals surface area contributed by atoms with E-state index < -0.39 is 9.84 Å². The van der Waals surface area contributed by atoms with Crippen molar-refractivity contribution in [2.75, 3.05) is 18.6 Å². The van der Waals surface area contributed by atoms with E-state index in [9.17, 15) is 8.42 Å². The highest BCUT2D eigenvalue weighted by Gasteiger charge is 2.03. The van der Waals surface area contributed by atoms with Gasteiger partial charge in [-0.3, -0.25) is 0 Å². The molecule has 0 bridgehead atoms. The van der Waals surface area contributed by atoms with Gasteiger partial charge in [0.15, 0.2) is 0 Å². The van der Waals surface area contributed by atoms with Gasteiger partial charge in [0.1, 0.15) is 15.6 Å². The molecule has 4 nitrogen and oxygen atoms in total. The maximum absolute atomic E-state index is 10.9. The van der Waals surface area contributed by atoms with Crippen LogP contribution in [0.2, 0.25) is 0 Å². The molecule has 0 atom stereocenters. The first-order valence-corrected chi connectivity index (χ1v) is 7.49. The highest BCUT2D eigenvalue weighted by Crippen LogP contribution is 2.17. The van der Waals surface area contributed by atoms with E-state index in [1.807, 2.05) is 19.1 Å². The Balaban J connectivity index is 2.49. The summed E-state index contributed by atoms with van der Waals surface area (Å²) in [5.74, 6) is 0.800. The average Bonchev–Trinajstić information content (AvgIpc) is 2.22. The third kappa shape index (κ3) is 5.70. The number of ether oxygens (including phenoxy) is 1. The molecule has 0 radical (unpaired) electrons. The molecule has 0 aliphatic rings. The third-order valence-electron chi connectivity index (χ3n) is 2.22. The number of rotatable bonds is 6. The first-order valence-electron chi connectivity index (χ1n) is 5.42. The molecule has 0 saturated carbocycles. The summed E-state index contributed by atoms with van der Waals surface area (Å²) in [6.45, 7) is 2.26. The second-order valence-corrected chi connectivity index (χ2v) is 6.40. The Bertz CT molecular complexity index is 465. The van der Waals surface area contributed by atoms with Gasteiger partial charge in [0.2, 0.25) is 0 Å². The van der Waals surface area contributed by atoms with E-state index in [1.165, 1.54) is 6.26 Å². The topological polar surface area (TPSA) is 63.6 Å². The van der Waals surface area contributed by atoms with Crippen molar-refractivity contribution in [3.8, 4) is 5.75 Å². The molecule has 0 heterocycles. The lowest BCUT2D eigenvalue weighted by atomic mass is 10.1.